The zero-order valence-electron chi connectivity index (χ0n) is 16.6. The van der Waals surface area contributed by atoms with Crippen LogP contribution >= 0.6 is 11.8 Å². The van der Waals surface area contributed by atoms with Crippen LogP contribution < -0.4 is 5.32 Å². The number of nitrogens with one attached hydrogen (secondary N) is 1. The van der Waals surface area contributed by atoms with Crippen molar-refractivity contribution in [1.29, 1.82) is 0 Å². The van der Waals surface area contributed by atoms with E-state index >= 15 is 0 Å². The van der Waals surface area contributed by atoms with Crippen molar-refractivity contribution in [2.24, 2.45) is 0 Å². The van der Waals surface area contributed by atoms with Crippen molar-refractivity contribution < 1.29 is 14.3 Å². The molecule has 5 nitrogen and oxygen atoms in total. The van der Waals surface area contributed by atoms with Crippen molar-refractivity contribution in [3.05, 3.63) is 58.6 Å². The van der Waals surface area contributed by atoms with Crippen LogP contribution in [0.4, 0.5) is 0 Å². The van der Waals surface area contributed by atoms with E-state index in [4.69, 9.17) is 9.47 Å². The summed E-state index contributed by atoms with van der Waals surface area (Å²) in [5.41, 5.74) is 3.41. The number of thioether (sulfide) groups is 1. The van der Waals surface area contributed by atoms with E-state index in [9.17, 15) is 4.79 Å². The Bertz CT molecular complexity index is 805. The third-order valence-electron chi connectivity index (χ3n) is 5.76. The van der Waals surface area contributed by atoms with Crippen LogP contribution in [-0.2, 0) is 27.2 Å². The minimum Gasteiger partial charge on any atom is -0.490 e. The second kappa shape index (κ2) is 8.62. The third-order valence-corrected chi connectivity index (χ3v) is 6.67. The number of hydrogen-bond acceptors (Lipinski definition) is 5. The Hall–Kier alpha value is -1.92. The van der Waals surface area contributed by atoms with Crippen LogP contribution in [0.3, 0.4) is 0 Å². The van der Waals surface area contributed by atoms with Crippen LogP contribution in [0.25, 0.3) is 0 Å². The summed E-state index contributed by atoms with van der Waals surface area (Å²) < 4.78 is 11.6. The van der Waals surface area contributed by atoms with E-state index in [1.54, 1.807) is 11.8 Å². The van der Waals surface area contributed by atoms with Gasteiger partial charge in [0, 0.05) is 30.8 Å². The van der Waals surface area contributed by atoms with Crippen molar-refractivity contribution in [2.45, 2.75) is 37.6 Å². The lowest BCUT2D eigenvalue weighted by atomic mass is 9.93. The van der Waals surface area contributed by atoms with Gasteiger partial charge >= 0.3 is 0 Å². The van der Waals surface area contributed by atoms with Gasteiger partial charge in [-0.25, -0.2) is 0 Å². The molecular weight excluding hydrogens is 372 g/mol. The lowest BCUT2D eigenvalue weighted by molar-refractivity contribution is -0.118. The molecule has 6 heteroatoms. The molecule has 1 aromatic rings. The zero-order valence-corrected chi connectivity index (χ0v) is 17.4. The minimum absolute atomic E-state index is 0.0633. The van der Waals surface area contributed by atoms with E-state index < -0.39 is 0 Å². The van der Waals surface area contributed by atoms with Gasteiger partial charge in [0.2, 0.25) is 0 Å². The number of amides is 1. The second-order valence-corrected chi connectivity index (χ2v) is 8.48. The Morgan fingerprint density at radius 3 is 2.79 bits per heavy atom. The minimum atomic E-state index is -0.0633. The van der Waals surface area contributed by atoms with Crippen LogP contribution in [0.15, 0.2) is 47.4 Å². The summed E-state index contributed by atoms with van der Waals surface area (Å²) in [6.07, 6.45) is 5.84. The van der Waals surface area contributed by atoms with Crippen molar-refractivity contribution in [1.82, 2.24) is 10.2 Å². The highest BCUT2D eigenvalue weighted by Gasteiger charge is 2.32. The summed E-state index contributed by atoms with van der Waals surface area (Å²) in [7, 11) is 0. The van der Waals surface area contributed by atoms with Gasteiger partial charge in [0.05, 0.1) is 5.57 Å². The number of allylic oxidation sites excluding steroid dienone is 1. The molecule has 1 aromatic carbocycles. The Morgan fingerprint density at radius 2 is 2.00 bits per heavy atom. The molecule has 4 rings (SSSR count). The third kappa shape index (κ3) is 3.94. The molecule has 0 saturated heterocycles. The zero-order chi connectivity index (χ0) is 19.5. The quantitative estimate of drug-likeness (QED) is 0.824. The fourth-order valence-corrected chi connectivity index (χ4v) is 4.78. The molecule has 3 aliphatic rings. The molecule has 28 heavy (non-hydrogen) atoms. The Kier molecular flexibility index (Phi) is 5.97. The highest BCUT2D eigenvalue weighted by Crippen LogP contribution is 2.34. The van der Waals surface area contributed by atoms with Crippen LogP contribution in [0, 0.1) is 0 Å². The van der Waals surface area contributed by atoms with Gasteiger partial charge in [-0.2, -0.15) is 11.8 Å². The van der Waals surface area contributed by atoms with Gasteiger partial charge in [-0.05, 0) is 30.3 Å². The number of benzene rings is 1. The fraction of sp³-hybridized carbons (Fsp3) is 0.500. The van der Waals surface area contributed by atoms with Gasteiger partial charge < -0.3 is 14.8 Å². The number of carbonyl (C=O) groups excluding carboxylic acids is 1. The van der Waals surface area contributed by atoms with Gasteiger partial charge in [0.15, 0.2) is 5.76 Å². The second-order valence-electron chi connectivity index (χ2n) is 7.41. The van der Waals surface area contributed by atoms with Gasteiger partial charge in [0.25, 0.3) is 5.91 Å². The molecule has 0 saturated carbocycles. The van der Waals surface area contributed by atoms with Crippen molar-refractivity contribution in [2.75, 3.05) is 32.6 Å². The molecule has 150 valence electrons. The van der Waals surface area contributed by atoms with Gasteiger partial charge in [-0.3, -0.25) is 9.69 Å². The molecule has 2 atom stereocenters. The van der Waals surface area contributed by atoms with E-state index in [0.717, 1.165) is 31.7 Å². The summed E-state index contributed by atoms with van der Waals surface area (Å²) in [5.74, 6) is 1.39. The molecule has 0 aromatic heterocycles. The number of carbonyl (C=O) groups is 1. The largest absolute Gasteiger partial charge is 0.490 e. The van der Waals surface area contributed by atoms with Crippen molar-refractivity contribution in [3.8, 4) is 0 Å². The first-order valence-corrected chi connectivity index (χ1v) is 11.3. The highest BCUT2D eigenvalue weighted by molar-refractivity contribution is 7.99. The fourth-order valence-electron chi connectivity index (χ4n) is 4.19. The van der Waals surface area contributed by atoms with Crippen molar-refractivity contribution >= 4 is 17.7 Å². The Labute approximate surface area is 171 Å². The molecule has 1 amide bonds. The molecule has 0 spiro atoms. The van der Waals surface area contributed by atoms with E-state index in [2.05, 4.69) is 47.7 Å². The first kappa shape index (κ1) is 19.4. The lowest BCUT2D eigenvalue weighted by Gasteiger charge is -2.36. The van der Waals surface area contributed by atoms with E-state index in [0.29, 0.717) is 37.1 Å². The number of likely N-dealkylation sites (N-methyl/N-ethyl adjacent to an activating group) is 1. The average Bonchev–Trinajstić information content (AvgIpc) is 2.75. The lowest BCUT2D eigenvalue weighted by Crippen LogP contribution is -2.47. The van der Waals surface area contributed by atoms with Crippen LogP contribution in [0.5, 0.6) is 0 Å². The number of nitrogens with zero attached hydrogens (tertiary/aromatic N) is 1. The summed E-state index contributed by atoms with van der Waals surface area (Å²) in [5, 5.41) is 3.41. The average molecular weight is 401 g/mol. The Balaban J connectivity index is 1.46. The number of hydrogen-bond donors (Lipinski definition) is 1. The summed E-state index contributed by atoms with van der Waals surface area (Å²) in [4.78, 5) is 15.5. The number of fused-ring (bicyclic) bond motifs is 1. The molecule has 1 N–H and O–H groups in total. The van der Waals surface area contributed by atoms with E-state index in [-0.39, 0.29) is 11.2 Å². The smallest absolute Gasteiger partial charge is 0.254 e. The molecule has 0 fully saturated rings. The van der Waals surface area contributed by atoms with E-state index in [1.807, 2.05) is 6.08 Å². The summed E-state index contributed by atoms with van der Waals surface area (Å²) in [6.45, 7) is 5.78. The normalized spacial score (nSPS) is 24.4. The molecule has 1 unspecified atom stereocenters. The molecule has 2 heterocycles. The first-order chi connectivity index (χ1) is 13.7. The topological polar surface area (TPSA) is 50.8 Å². The standard InChI is InChI=1S/C22H28N2O3S/c1-3-24-14-16-7-5-4-6-15(16)10-17(24)13-23-22(25)19-11-18(28-2)12-20-21(19)27-9-8-26-20/h4-7,11,17-18H,3,8-10,12-14H2,1-2H3,(H,23,25)/t17-,18?/m1/s1. The maximum atomic E-state index is 13.0. The molecule has 0 bridgehead atoms. The number of ether oxygens (including phenoxy) is 2. The summed E-state index contributed by atoms with van der Waals surface area (Å²) in [6, 6.07) is 8.91. The predicted octanol–water partition coefficient (Wildman–Crippen LogP) is 2.87. The monoisotopic (exact) mass is 400 g/mol. The number of rotatable bonds is 5. The van der Waals surface area contributed by atoms with E-state index in [1.165, 1.54) is 11.1 Å². The maximum Gasteiger partial charge on any atom is 0.254 e. The Morgan fingerprint density at radius 1 is 1.21 bits per heavy atom. The van der Waals surface area contributed by atoms with Crippen LogP contribution in [-0.4, -0.2) is 54.7 Å². The SMILES string of the molecule is CCN1Cc2ccccc2C[C@@H]1CNC(=O)C1=CC(SC)CC2=C1OCCO2. The molecular formula is C22H28N2O3S. The van der Waals surface area contributed by atoms with Gasteiger partial charge in [-0.1, -0.05) is 37.3 Å². The van der Waals surface area contributed by atoms with Crippen molar-refractivity contribution in [3.63, 3.8) is 0 Å². The maximum absolute atomic E-state index is 13.0. The highest BCUT2D eigenvalue weighted by atomic mass is 32.2. The van der Waals surface area contributed by atoms with Gasteiger partial charge in [-0.15, -0.1) is 0 Å². The molecule has 1 aliphatic carbocycles. The van der Waals surface area contributed by atoms with Gasteiger partial charge in [0.1, 0.15) is 19.0 Å². The molecule has 2 aliphatic heterocycles. The predicted molar refractivity (Wildman–Crippen MR) is 112 cm³/mol. The van der Waals surface area contributed by atoms with Crippen LogP contribution in [0.1, 0.15) is 24.5 Å². The van der Waals surface area contributed by atoms with Crippen LogP contribution in [0.2, 0.25) is 0 Å². The summed E-state index contributed by atoms with van der Waals surface area (Å²) >= 11 is 1.73. The molecule has 0 radical (unpaired) electrons. The first-order valence-electron chi connectivity index (χ1n) is 10.0.